The van der Waals surface area contributed by atoms with Gasteiger partial charge in [0.25, 0.3) is 0 Å². The summed E-state index contributed by atoms with van der Waals surface area (Å²) in [6, 6.07) is 45.7. The maximum atomic E-state index is 4.44. The number of benzene rings is 4. The third-order valence-electron chi connectivity index (χ3n) is 6.03. The highest BCUT2D eigenvalue weighted by Gasteiger charge is 2.20. The Bertz CT molecular complexity index is 1490. The van der Waals surface area contributed by atoms with E-state index in [0.29, 0.717) is 6.71 Å². The predicted octanol–water partition coefficient (Wildman–Crippen LogP) is 5.97. The van der Waals surface area contributed by atoms with E-state index in [2.05, 4.69) is 111 Å². The zero-order chi connectivity index (χ0) is 26.5. The average molecular weight is 522 g/mol. The number of imidazole rings is 1. The molecule has 0 aliphatic heterocycles. The van der Waals surface area contributed by atoms with Crippen molar-refractivity contribution in [3.8, 4) is 11.5 Å². The first-order valence-corrected chi connectivity index (χ1v) is 13.7. The van der Waals surface area contributed by atoms with Gasteiger partial charge in [0, 0.05) is 17.8 Å². The molecule has 0 aliphatic carbocycles. The molecular weight excluding hydrogens is 495 g/mol. The fourth-order valence-electron chi connectivity index (χ4n) is 4.23. The molecule has 3 aromatic heterocycles. The Hall–Kier alpha value is -4.81. The van der Waals surface area contributed by atoms with Crippen LogP contribution in [0.15, 0.2) is 157 Å². The highest BCUT2D eigenvalue weighted by molar-refractivity contribution is 7.07. The minimum Gasteiger partial charge on any atom is -0.337 e. The monoisotopic (exact) mass is 522 g/mol. The van der Waals surface area contributed by atoms with Crippen molar-refractivity contribution in [3.63, 3.8) is 0 Å². The summed E-state index contributed by atoms with van der Waals surface area (Å²) in [6.07, 6.45) is 3.50. The van der Waals surface area contributed by atoms with Gasteiger partial charge in [0.15, 0.2) is 5.82 Å². The molecule has 0 aliphatic rings. The number of fused-ring (bicyclic) bond motifs is 1. The SMILES string of the molecule is c1ccc(B(c2ccccc2)c2ccccc2)cc1.c1ccc2[nH]c(-c3cscn3)nc2c1.c1ccncc1. The highest BCUT2D eigenvalue weighted by atomic mass is 32.1. The number of nitrogens with one attached hydrogen (secondary N) is 1. The van der Waals surface area contributed by atoms with Crippen LogP contribution in [-0.4, -0.2) is 26.6 Å². The molecule has 0 unspecified atom stereocenters. The normalized spacial score (nSPS) is 10.1. The number of H-pyrrole nitrogens is 1. The van der Waals surface area contributed by atoms with Crippen molar-refractivity contribution in [1.29, 1.82) is 0 Å². The molecule has 4 nitrogen and oxygen atoms in total. The fourth-order valence-corrected chi connectivity index (χ4v) is 4.77. The zero-order valence-electron chi connectivity index (χ0n) is 21.3. The summed E-state index contributed by atoms with van der Waals surface area (Å²) in [7, 11) is 0. The second-order valence-electron chi connectivity index (χ2n) is 8.67. The summed E-state index contributed by atoms with van der Waals surface area (Å²) < 4.78 is 0. The van der Waals surface area contributed by atoms with E-state index in [9.17, 15) is 0 Å². The van der Waals surface area contributed by atoms with E-state index in [0.717, 1.165) is 22.6 Å². The van der Waals surface area contributed by atoms with Crippen LogP contribution in [0.5, 0.6) is 0 Å². The number of pyridine rings is 1. The molecule has 39 heavy (non-hydrogen) atoms. The van der Waals surface area contributed by atoms with Crippen LogP contribution in [0.1, 0.15) is 0 Å². The molecule has 0 radical (unpaired) electrons. The fraction of sp³-hybridized carbons (Fsp3) is 0. The first-order chi connectivity index (χ1) is 19.4. The smallest absolute Gasteiger partial charge is 0.241 e. The van der Waals surface area contributed by atoms with Crippen molar-refractivity contribution >= 4 is 45.5 Å². The van der Waals surface area contributed by atoms with Gasteiger partial charge in [-0.1, -0.05) is 126 Å². The van der Waals surface area contributed by atoms with E-state index in [4.69, 9.17) is 0 Å². The van der Waals surface area contributed by atoms with Crippen LogP contribution in [0.3, 0.4) is 0 Å². The Morgan fingerprint density at radius 3 is 1.51 bits per heavy atom. The van der Waals surface area contributed by atoms with Crippen molar-refractivity contribution in [2.75, 3.05) is 0 Å². The van der Waals surface area contributed by atoms with Crippen molar-refractivity contribution in [2.45, 2.75) is 0 Å². The molecule has 0 atom stereocenters. The number of para-hydroxylation sites is 2. The van der Waals surface area contributed by atoms with Gasteiger partial charge in [-0.2, -0.15) is 0 Å². The molecular formula is C33H27BN4S. The number of aromatic amines is 1. The maximum Gasteiger partial charge on any atom is 0.241 e. The van der Waals surface area contributed by atoms with Gasteiger partial charge in [-0.3, -0.25) is 4.98 Å². The van der Waals surface area contributed by atoms with E-state index in [1.165, 1.54) is 16.4 Å². The van der Waals surface area contributed by atoms with Crippen LogP contribution in [-0.2, 0) is 0 Å². The summed E-state index contributed by atoms with van der Waals surface area (Å²) in [6.45, 7) is 0.309. The van der Waals surface area contributed by atoms with Gasteiger partial charge in [0.1, 0.15) is 5.69 Å². The molecule has 0 fully saturated rings. The van der Waals surface area contributed by atoms with Crippen molar-refractivity contribution < 1.29 is 0 Å². The Balaban J connectivity index is 0.000000134. The summed E-state index contributed by atoms with van der Waals surface area (Å²) in [5, 5.41) is 1.98. The Kier molecular flexibility index (Phi) is 9.04. The molecule has 188 valence electrons. The van der Waals surface area contributed by atoms with Crippen LogP contribution < -0.4 is 16.4 Å². The van der Waals surface area contributed by atoms with Crippen molar-refractivity contribution in [3.05, 3.63) is 157 Å². The summed E-state index contributed by atoms with van der Waals surface area (Å²) >= 11 is 1.57. The van der Waals surface area contributed by atoms with Crippen LogP contribution in [0, 0.1) is 0 Å². The van der Waals surface area contributed by atoms with Crippen LogP contribution in [0.25, 0.3) is 22.6 Å². The largest absolute Gasteiger partial charge is 0.337 e. The Morgan fingerprint density at radius 2 is 1.08 bits per heavy atom. The van der Waals surface area contributed by atoms with Crippen LogP contribution >= 0.6 is 11.3 Å². The summed E-state index contributed by atoms with van der Waals surface area (Å²) in [5.74, 6) is 0.840. The maximum absolute atomic E-state index is 4.44. The first kappa shape index (κ1) is 25.8. The molecule has 6 heteroatoms. The van der Waals surface area contributed by atoms with Gasteiger partial charge in [-0.25, -0.2) is 9.97 Å². The van der Waals surface area contributed by atoms with Gasteiger partial charge in [-0.05, 0) is 24.3 Å². The number of hydrogen-bond donors (Lipinski definition) is 1. The topological polar surface area (TPSA) is 54.5 Å². The molecule has 1 N–H and O–H groups in total. The van der Waals surface area contributed by atoms with E-state index in [1.54, 1.807) is 23.7 Å². The quantitative estimate of drug-likeness (QED) is 0.290. The first-order valence-electron chi connectivity index (χ1n) is 12.7. The predicted molar refractivity (Wildman–Crippen MR) is 165 cm³/mol. The third kappa shape index (κ3) is 7.15. The lowest BCUT2D eigenvalue weighted by Crippen LogP contribution is -2.51. The third-order valence-corrected chi connectivity index (χ3v) is 6.62. The second kappa shape index (κ2) is 13.7. The number of nitrogens with zero attached hydrogens (tertiary/aromatic N) is 3. The van der Waals surface area contributed by atoms with Gasteiger partial charge < -0.3 is 4.98 Å². The van der Waals surface area contributed by atoms with E-state index >= 15 is 0 Å². The Morgan fingerprint density at radius 1 is 0.564 bits per heavy atom. The van der Waals surface area contributed by atoms with Gasteiger partial charge in [0.05, 0.1) is 16.5 Å². The van der Waals surface area contributed by atoms with Crippen LogP contribution in [0.2, 0.25) is 0 Å². The number of rotatable bonds is 4. The molecule has 7 rings (SSSR count). The molecule has 4 aromatic carbocycles. The average Bonchev–Trinajstić information content (AvgIpc) is 3.71. The molecule has 0 amide bonds. The molecule has 0 saturated heterocycles. The van der Waals surface area contributed by atoms with Gasteiger partial charge >= 0.3 is 0 Å². The zero-order valence-corrected chi connectivity index (χ0v) is 22.2. The molecule has 0 saturated carbocycles. The molecule has 3 heterocycles. The minimum atomic E-state index is 0.309. The molecule has 0 spiro atoms. The molecule has 0 bridgehead atoms. The lowest BCUT2D eigenvalue weighted by atomic mass is 9.37. The number of aromatic nitrogens is 4. The van der Waals surface area contributed by atoms with E-state index in [1.807, 2.05) is 53.4 Å². The minimum absolute atomic E-state index is 0.309. The lowest BCUT2D eigenvalue weighted by Gasteiger charge is -2.15. The highest BCUT2D eigenvalue weighted by Crippen LogP contribution is 2.19. The van der Waals surface area contributed by atoms with Crippen molar-refractivity contribution in [2.24, 2.45) is 0 Å². The second-order valence-corrected chi connectivity index (χ2v) is 9.38. The van der Waals surface area contributed by atoms with Crippen molar-refractivity contribution in [1.82, 2.24) is 19.9 Å². The Labute approximate surface area is 233 Å². The van der Waals surface area contributed by atoms with E-state index in [-0.39, 0.29) is 0 Å². The number of hydrogen-bond acceptors (Lipinski definition) is 4. The van der Waals surface area contributed by atoms with Gasteiger partial charge in [0.2, 0.25) is 6.71 Å². The standard InChI is InChI=1S/C18H15B.C10H7N3S.C5H5N/c1-4-10-16(11-5-1)19(17-12-6-2-7-13-17)18-14-8-3-9-15-18;1-2-4-8-7(3-1)12-10(13-8)9-5-14-6-11-9;1-2-4-6-5-3-1/h1-15H;1-6H,(H,12,13);1-5H. The number of thiazole rings is 1. The molecule has 7 aromatic rings. The lowest BCUT2D eigenvalue weighted by molar-refractivity contribution is 1.27. The summed E-state index contributed by atoms with van der Waals surface area (Å²) in [5.41, 5.74) is 8.75. The van der Waals surface area contributed by atoms with Gasteiger partial charge in [-0.15, -0.1) is 11.3 Å². The summed E-state index contributed by atoms with van der Waals surface area (Å²) in [4.78, 5) is 15.7. The van der Waals surface area contributed by atoms with E-state index < -0.39 is 0 Å². The van der Waals surface area contributed by atoms with Crippen LogP contribution in [0.4, 0.5) is 0 Å².